The van der Waals surface area contributed by atoms with Crippen LogP contribution < -0.4 is 0 Å². The van der Waals surface area contributed by atoms with Crippen LogP contribution in [0.25, 0.3) is 0 Å². The lowest BCUT2D eigenvalue weighted by molar-refractivity contribution is 1.05. The average Bonchev–Trinajstić information content (AvgIpc) is 2.44. The molecule has 0 radical (unpaired) electrons. The van der Waals surface area contributed by atoms with Crippen LogP contribution in [-0.2, 0) is 0 Å². The van der Waals surface area contributed by atoms with Crippen LogP contribution in [0.3, 0.4) is 0 Å². The van der Waals surface area contributed by atoms with E-state index in [0.29, 0.717) is 0 Å². The lowest BCUT2D eigenvalue weighted by Gasteiger charge is -1.98. The van der Waals surface area contributed by atoms with Crippen molar-refractivity contribution < 1.29 is 0 Å². The minimum absolute atomic E-state index is 0.781. The summed E-state index contributed by atoms with van der Waals surface area (Å²) in [5.74, 6) is 0.781. The highest BCUT2D eigenvalue weighted by molar-refractivity contribution is 6.08. The lowest BCUT2D eigenvalue weighted by Crippen LogP contribution is -1.99. The highest BCUT2D eigenvalue weighted by atomic mass is 14.9. The predicted molar refractivity (Wildman–Crippen MR) is 60.8 cm³/mol. The molecule has 0 N–H and O–H groups in total. The van der Waals surface area contributed by atoms with Gasteiger partial charge in [0.1, 0.15) is 5.82 Å². The number of allylic oxidation sites excluding steroid dienone is 3. The molecular weight excluding hydrogens is 186 g/mol. The Kier molecular flexibility index (Phi) is 2.72. The molecule has 0 bridgehead atoms. The molecule has 1 aromatic heterocycles. The van der Waals surface area contributed by atoms with Gasteiger partial charge in [-0.2, -0.15) is 0 Å². The average molecular weight is 199 g/mol. The molecule has 1 aliphatic rings. The molecule has 0 unspecified atom stereocenters. The fourth-order valence-electron chi connectivity index (χ4n) is 1.33. The smallest absolute Gasteiger partial charge is 0.125 e. The number of aryl methyl sites for hydroxylation is 1. The van der Waals surface area contributed by atoms with E-state index in [4.69, 9.17) is 0 Å². The SMILES string of the molecule is CC1=CN=C(c2cnc(C)nc2)C=CC1. The third-order valence-electron chi connectivity index (χ3n) is 2.22. The fraction of sp³-hybridized carbons (Fsp3) is 0.250. The first-order valence-corrected chi connectivity index (χ1v) is 4.95. The summed E-state index contributed by atoms with van der Waals surface area (Å²) in [7, 11) is 0. The Morgan fingerprint density at radius 1 is 1.13 bits per heavy atom. The largest absolute Gasteiger partial charge is 0.256 e. The van der Waals surface area contributed by atoms with Gasteiger partial charge >= 0.3 is 0 Å². The molecule has 1 aromatic rings. The van der Waals surface area contributed by atoms with Gasteiger partial charge in [-0.25, -0.2) is 9.97 Å². The van der Waals surface area contributed by atoms with Crippen molar-refractivity contribution in [2.45, 2.75) is 20.3 Å². The summed E-state index contributed by atoms with van der Waals surface area (Å²) in [6, 6.07) is 0. The molecule has 0 aromatic carbocycles. The van der Waals surface area contributed by atoms with Gasteiger partial charge in [0.15, 0.2) is 0 Å². The lowest BCUT2D eigenvalue weighted by atomic mass is 10.2. The van der Waals surface area contributed by atoms with Crippen LogP contribution in [0.15, 0.2) is 41.3 Å². The molecule has 0 atom stereocenters. The molecule has 3 heteroatoms. The molecule has 2 rings (SSSR count). The van der Waals surface area contributed by atoms with Crippen molar-refractivity contribution in [1.82, 2.24) is 9.97 Å². The van der Waals surface area contributed by atoms with Crippen LogP contribution in [0, 0.1) is 6.92 Å². The second-order valence-electron chi connectivity index (χ2n) is 3.62. The first-order chi connectivity index (χ1) is 7.25. The molecule has 0 saturated carbocycles. The zero-order valence-corrected chi connectivity index (χ0v) is 8.94. The number of hydrogen-bond donors (Lipinski definition) is 0. The van der Waals surface area contributed by atoms with E-state index in [2.05, 4.69) is 28.0 Å². The van der Waals surface area contributed by atoms with Crippen LogP contribution in [0.1, 0.15) is 24.7 Å². The first kappa shape index (κ1) is 9.77. The van der Waals surface area contributed by atoms with E-state index in [1.165, 1.54) is 5.57 Å². The van der Waals surface area contributed by atoms with Crippen molar-refractivity contribution in [2.75, 3.05) is 0 Å². The molecule has 0 saturated heterocycles. The second kappa shape index (κ2) is 4.17. The number of aliphatic imine (C=N–C) groups is 1. The van der Waals surface area contributed by atoms with Crippen molar-refractivity contribution >= 4 is 5.71 Å². The number of aromatic nitrogens is 2. The molecule has 0 amide bonds. The quantitative estimate of drug-likeness (QED) is 0.696. The van der Waals surface area contributed by atoms with E-state index in [1.54, 1.807) is 12.4 Å². The Hall–Kier alpha value is -1.77. The molecular formula is C12H13N3. The van der Waals surface area contributed by atoms with E-state index < -0.39 is 0 Å². The summed E-state index contributed by atoms with van der Waals surface area (Å²) in [5, 5.41) is 0. The van der Waals surface area contributed by atoms with Crippen LogP contribution in [0.4, 0.5) is 0 Å². The van der Waals surface area contributed by atoms with Crippen molar-refractivity contribution in [3.8, 4) is 0 Å². The van der Waals surface area contributed by atoms with Gasteiger partial charge in [0, 0.05) is 24.2 Å². The maximum atomic E-state index is 4.39. The van der Waals surface area contributed by atoms with E-state index >= 15 is 0 Å². The van der Waals surface area contributed by atoms with Gasteiger partial charge in [-0.3, -0.25) is 4.99 Å². The highest BCUT2D eigenvalue weighted by Crippen LogP contribution is 2.09. The van der Waals surface area contributed by atoms with Gasteiger partial charge in [0.2, 0.25) is 0 Å². The minimum Gasteiger partial charge on any atom is -0.256 e. The summed E-state index contributed by atoms with van der Waals surface area (Å²) in [6.07, 6.45) is 10.6. The van der Waals surface area contributed by atoms with Crippen molar-refractivity contribution in [2.24, 2.45) is 4.99 Å². The summed E-state index contributed by atoms with van der Waals surface area (Å²) in [6.45, 7) is 3.95. The summed E-state index contributed by atoms with van der Waals surface area (Å²) in [4.78, 5) is 12.7. The van der Waals surface area contributed by atoms with Crippen LogP contribution in [0.5, 0.6) is 0 Å². The van der Waals surface area contributed by atoms with E-state index in [-0.39, 0.29) is 0 Å². The maximum Gasteiger partial charge on any atom is 0.125 e. The van der Waals surface area contributed by atoms with Crippen molar-refractivity contribution in [3.63, 3.8) is 0 Å². The van der Waals surface area contributed by atoms with Gasteiger partial charge < -0.3 is 0 Å². The van der Waals surface area contributed by atoms with Gasteiger partial charge in [-0.05, 0) is 26.3 Å². The molecule has 0 aliphatic carbocycles. The van der Waals surface area contributed by atoms with E-state index in [9.17, 15) is 0 Å². The zero-order chi connectivity index (χ0) is 10.7. The minimum atomic E-state index is 0.781. The highest BCUT2D eigenvalue weighted by Gasteiger charge is 2.02. The monoisotopic (exact) mass is 199 g/mol. The molecule has 76 valence electrons. The van der Waals surface area contributed by atoms with Crippen LogP contribution in [-0.4, -0.2) is 15.7 Å². The van der Waals surface area contributed by atoms with Gasteiger partial charge in [-0.1, -0.05) is 11.6 Å². The molecule has 2 heterocycles. The number of nitrogens with zero attached hydrogens (tertiary/aromatic N) is 3. The third-order valence-corrected chi connectivity index (χ3v) is 2.22. The maximum absolute atomic E-state index is 4.39. The Bertz CT molecular complexity index is 438. The predicted octanol–water partition coefficient (Wildman–Crippen LogP) is 2.44. The second-order valence-corrected chi connectivity index (χ2v) is 3.62. The summed E-state index contributed by atoms with van der Waals surface area (Å²) >= 11 is 0. The molecule has 0 fully saturated rings. The van der Waals surface area contributed by atoms with E-state index in [0.717, 1.165) is 23.5 Å². The fourth-order valence-corrected chi connectivity index (χ4v) is 1.33. The van der Waals surface area contributed by atoms with Crippen molar-refractivity contribution in [1.29, 1.82) is 0 Å². The Morgan fingerprint density at radius 3 is 2.60 bits per heavy atom. The summed E-state index contributed by atoms with van der Waals surface area (Å²) < 4.78 is 0. The molecule has 15 heavy (non-hydrogen) atoms. The molecule has 1 aliphatic heterocycles. The number of rotatable bonds is 1. The standard InChI is InChI=1S/C12H13N3/c1-9-4-3-5-12(15-6-9)11-7-13-10(2)14-8-11/h3,5-8H,4H2,1-2H3. The third kappa shape index (κ3) is 2.37. The molecule has 0 spiro atoms. The van der Waals surface area contributed by atoms with Crippen molar-refractivity contribution in [3.05, 3.63) is 47.7 Å². The Morgan fingerprint density at radius 2 is 1.87 bits per heavy atom. The zero-order valence-electron chi connectivity index (χ0n) is 8.94. The number of hydrogen-bond acceptors (Lipinski definition) is 3. The normalized spacial score (nSPS) is 15.6. The Balaban J connectivity index is 2.35. The van der Waals surface area contributed by atoms with Gasteiger partial charge in [0.25, 0.3) is 0 Å². The Labute approximate surface area is 89.3 Å². The van der Waals surface area contributed by atoms with Crippen LogP contribution >= 0.6 is 0 Å². The van der Waals surface area contributed by atoms with Gasteiger partial charge in [-0.15, -0.1) is 0 Å². The van der Waals surface area contributed by atoms with E-state index in [1.807, 2.05) is 19.2 Å². The summed E-state index contributed by atoms with van der Waals surface area (Å²) in [5.41, 5.74) is 3.14. The first-order valence-electron chi connectivity index (χ1n) is 4.95. The topological polar surface area (TPSA) is 38.1 Å². The van der Waals surface area contributed by atoms with Crippen LogP contribution in [0.2, 0.25) is 0 Å². The molecule has 3 nitrogen and oxygen atoms in total. The van der Waals surface area contributed by atoms with Gasteiger partial charge in [0.05, 0.1) is 5.71 Å².